The summed E-state index contributed by atoms with van der Waals surface area (Å²) in [5.74, 6) is 0.0761. The van der Waals surface area contributed by atoms with Gasteiger partial charge in [-0.25, -0.2) is 8.42 Å². The van der Waals surface area contributed by atoms with Gasteiger partial charge in [-0.3, -0.25) is 0 Å². The summed E-state index contributed by atoms with van der Waals surface area (Å²) < 4.78 is 28.8. The Hall–Kier alpha value is -1.11. The molecule has 5 nitrogen and oxygen atoms in total. The summed E-state index contributed by atoms with van der Waals surface area (Å²) in [5.41, 5.74) is 0.590. The second-order valence-electron chi connectivity index (χ2n) is 3.66. The van der Waals surface area contributed by atoms with E-state index in [2.05, 4.69) is 5.32 Å². The molecule has 102 valence electrons. The molecule has 6 heteroatoms. The number of aliphatic hydroxyl groups excluding tert-OH is 1. The second kappa shape index (κ2) is 7.35. The van der Waals surface area contributed by atoms with Crippen LogP contribution in [0.25, 0.3) is 0 Å². The molecule has 0 amide bonds. The number of para-hydroxylation sites is 1. The summed E-state index contributed by atoms with van der Waals surface area (Å²) in [4.78, 5) is 0.314. The SMILES string of the molecule is CCS(=O)(=O)c1ccccc1NCCOCCO. The predicted octanol–water partition coefficient (Wildman–Crippen LogP) is 0.901. The molecule has 0 fully saturated rings. The highest BCUT2D eigenvalue weighted by molar-refractivity contribution is 7.91. The minimum absolute atomic E-state index is 0.0131. The van der Waals surface area contributed by atoms with Crippen LogP contribution in [-0.2, 0) is 14.6 Å². The molecule has 2 N–H and O–H groups in total. The standard InChI is InChI=1S/C12H19NO4S/c1-2-18(15,16)12-6-4-3-5-11(12)13-7-9-17-10-8-14/h3-6,13-14H,2,7-10H2,1H3. The summed E-state index contributed by atoms with van der Waals surface area (Å²) in [7, 11) is -3.22. The van der Waals surface area contributed by atoms with Crippen molar-refractivity contribution in [2.24, 2.45) is 0 Å². The molecule has 0 aliphatic heterocycles. The first-order chi connectivity index (χ1) is 8.61. The van der Waals surface area contributed by atoms with Gasteiger partial charge in [0, 0.05) is 6.54 Å². The average molecular weight is 273 g/mol. The number of rotatable bonds is 8. The van der Waals surface area contributed by atoms with Crippen LogP contribution < -0.4 is 5.32 Å². The van der Waals surface area contributed by atoms with E-state index in [1.54, 1.807) is 31.2 Å². The summed E-state index contributed by atoms with van der Waals surface area (Å²) in [6.45, 7) is 2.81. The number of ether oxygens (including phenoxy) is 1. The first-order valence-electron chi connectivity index (χ1n) is 5.86. The van der Waals surface area contributed by atoms with Crippen molar-refractivity contribution in [1.82, 2.24) is 0 Å². The maximum atomic E-state index is 11.9. The molecule has 0 aliphatic carbocycles. The number of hydrogen-bond donors (Lipinski definition) is 2. The normalized spacial score (nSPS) is 11.4. The van der Waals surface area contributed by atoms with Crippen molar-refractivity contribution in [1.29, 1.82) is 0 Å². The zero-order valence-electron chi connectivity index (χ0n) is 10.4. The number of anilines is 1. The summed E-state index contributed by atoms with van der Waals surface area (Å²) >= 11 is 0. The van der Waals surface area contributed by atoms with Gasteiger partial charge in [0.2, 0.25) is 0 Å². The third-order valence-corrected chi connectivity index (χ3v) is 4.19. The van der Waals surface area contributed by atoms with Crippen LogP contribution in [0.15, 0.2) is 29.2 Å². The fraction of sp³-hybridized carbons (Fsp3) is 0.500. The average Bonchev–Trinajstić information content (AvgIpc) is 2.39. The molecule has 0 heterocycles. The first-order valence-corrected chi connectivity index (χ1v) is 7.51. The molecule has 0 saturated carbocycles. The maximum Gasteiger partial charge on any atom is 0.180 e. The van der Waals surface area contributed by atoms with Crippen LogP contribution in [0.1, 0.15) is 6.92 Å². The molecule has 0 atom stereocenters. The van der Waals surface area contributed by atoms with Crippen molar-refractivity contribution in [3.05, 3.63) is 24.3 Å². The first kappa shape index (κ1) is 14.9. The number of aliphatic hydroxyl groups is 1. The van der Waals surface area contributed by atoms with Crippen LogP contribution >= 0.6 is 0 Å². The molecule has 1 rings (SSSR count). The Labute approximate surface area is 108 Å². The zero-order valence-corrected chi connectivity index (χ0v) is 11.2. The van der Waals surface area contributed by atoms with Gasteiger partial charge in [-0.15, -0.1) is 0 Å². The Morgan fingerprint density at radius 1 is 1.28 bits per heavy atom. The van der Waals surface area contributed by atoms with E-state index in [1.807, 2.05) is 0 Å². The van der Waals surface area contributed by atoms with Gasteiger partial charge in [-0.1, -0.05) is 19.1 Å². The minimum Gasteiger partial charge on any atom is -0.394 e. The Bertz CT molecular complexity index is 459. The molecule has 0 bridgehead atoms. The van der Waals surface area contributed by atoms with Gasteiger partial charge in [0.15, 0.2) is 9.84 Å². The maximum absolute atomic E-state index is 11.9. The molecular formula is C12H19NO4S. The minimum atomic E-state index is -3.22. The van der Waals surface area contributed by atoms with Crippen molar-refractivity contribution in [3.8, 4) is 0 Å². The van der Waals surface area contributed by atoms with Crippen molar-refractivity contribution in [3.63, 3.8) is 0 Å². The molecular weight excluding hydrogens is 254 g/mol. The Kier molecular flexibility index (Phi) is 6.11. The van der Waals surface area contributed by atoms with Crippen molar-refractivity contribution >= 4 is 15.5 Å². The van der Waals surface area contributed by atoms with E-state index in [0.29, 0.717) is 23.7 Å². The lowest BCUT2D eigenvalue weighted by molar-refractivity contribution is 0.0992. The van der Waals surface area contributed by atoms with Gasteiger partial charge < -0.3 is 15.2 Å². The second-order valence-corrected chi connectivity index (χ2v) is 5.91. The van der Waals surface area contributed by atoms with Crippen LogP contribution in [-0.4, -0.2) is 45.6 Å². The van der Waals surface area contributed by atoms with Gasteiger partial charge in [0.05, 0.1) is 36.2 Å². The van der Waals surface area contributed by atoms with Crippen LogP contribution in [0.5, 0.6) is 0 Å². The third-order valence-electron chi connectivity index (χ3n) is 2.40. The van der Waals surface area contributed by atoms with E-state index in [4.69, 9.17) is 9.84 Å². The monoisotopic (exact) mass is 273 g/mol. The fourth-order valence-corrected chi connectivity index (χ4v) is 2.54. The van der Waals surface area contributed by atoms with Crippen LogP contribution in [0, 0.1) is 0 Å². The highest BCUT2D eigenvalue weighted by atomic mass is 32.2. The predicted molar refractivity (Wildman–Crippen MR) is 70.6 cm³/mol. The van der Waals surface area contributed by atoms with Crippen molar-refractivity contribution < 1.29 is 18.3 Å². The molecule has 1 aromatic carbocycles. The molecule has 0 spiro atoms. The topological polar surface area (TPSA) is 75.6 Å². The van der Waals surface area contributed by atoms with Crippen LogP contribution in [0.2, 0.25) is 0 Å². The lowest BCUT2D eigenvalue weighted by Gasteiger charge is -2.11. The summed E-state index contributed by atoms with van der Waals surface area (Å²) in [6, 6.07) is 6.81. The van der Waals surface area contributed by atoms with Crippen LogP contribution in [0.4, 0.5) is 5.69 Å². The number of hydrogen-bond acceptors (Lipinski definition) is 5. The molecule has 0 aliphatic rings. The molecule has 1 aromatic rings. The third kappa shape index (κ3) is 4.29. The lowest BCUT2D eigenvalue weighted by atomic mass is 10.3. The Balaban J connectivity index is 2.66. The lowest BCUT2D eigenvalue weighted by Crippen LogP contribution is -2.14. The Morgan fingerprint density at radius 2 is 2.00 bits per heavy atom. The molecule has 0 radical (unpaired) electrons. The number of benzene rings is 1. The fourth-order valence-electron chi connectivity index (χ4n) is 1.46. The van der Waals surface area contributed by atoms with Gasteiger partial charge in [0.1, 0.15) is 0 Å². The van der Waals surface area contributed by atoms with E-state index >= 15 is 0 Å². The Morgan fingerprint density at radius 3 is 2.67 bits per heavy atom. The van der Waals surface area contributed by atoms with E-state index in [1.165, 1.54) is 0 Å². The number of sulfone groups is 1. The van der Waals surface area contributed by atoms with Gasteiger partial charge >= 0.3 is 0 Å². The molecule has 0 aromatic heterocycles. The van der Waals surface area contributed by atoms with Crippen molar-refractivity contribution in [2.75, 3.05) is 37.4 Å². The molecule has 18 heavy (non-hydrogen) atoms. The smallest absolute Gasteiger partial charge is 0.180 e. The van der Waals surface area contributed by atoms with Crippen LogP contribution in [0.3, 0.4) is 0 Å². The van der Waals surface area contributed by atoms with Gasteiger partial charge in [-0.05, 0) is 12.1 Å². The van der Waals surface area contributed by atoms with Gasteiger partial charge in [-0.2, -0.15) is 0 Å². The largest absolute Gasteiger partial charge is 0.394 e. The van der Waals surface area contributed by atoms with Gasteiger partial charge in [0.25, 0.3) is 0 Å². The van der Waals surface area contributed by atoms with E-state index in [9.17, 15) is 8.42 Å². The number of nitrogens with one attached hydrogen (secondary N) is 1. The quantitative estimate of drug-likeness (QED) is 0.688. The highest BCUT2D eigenvalue weighted by Crippen LogP contribution is 2.21. The van der Waals surface area contributed by atoms with Crippen molar-refractivity contribution in [2.45, 2.75) is 11.8 Å². The van der Waals surface area contributed by atoms with E-state index in [0.717, 1.165) is 0 Å². The summed E-state index contributed by atoms with van der Waals surface area (Å²) in [6.07, 6.45) is 0. The summed E-state index contributed by atoms with van der Waals surface area (Å²) in [5, 5.41) is 11.6. The highest BCUT2D eigenvalue weighted by Gasteiger charge is 2.15. The van der Waals surface area contributed by atoms with E-state index in [-0.39, 0.29) is 19.0 Å². The zero-order chi connectivity index (χ0) is 13.4. The van der Waals surface area contributed by atoms with E-state index < -0.39 is 9.84 Å². The molecule has 0 unspecified atom stereocenters. The molecule has 0 saturated heterocycles.